The van der Waals surface area contributed by atoms with Gasteiger partial charge in [0, 0.05) is 41.4 Å². The Morgan fingerprint density at radius 1 is 1.11 bits per heavy atom. The molecule has 2 amide bonds. The normalized spacial score (nSPS) is 15.5. The van der Waals surface area contributed by atoms with Crippen LogP contribution in [-0.2, 0) is 25.3 Å². The molecule has 4 rings (SSSR count). The summed E-state index contributed by atoms with van der Waals surface area (Å²) in [7, 11) is 0. The zero-order chi connectivity index (χ0) is 41.5. The van der Waals surface area contributed by atoms with Gasteiger partial charge in [-0.2, -0.15) is 26.3 Å². The number of halogens is 10. The molecule has 1 saturated heterocycles. The van der Waals surface area contributed by atoms with Gasteiger partial charge >= 0.3 is 18.3 Å². The summed E-state index contributed by atoms with van der Waals surface area (Å²) >= 11 is 9.47. The third kappa shape index (κ3) is 10.9. The number of benzene rings is 3. The number of nitrogens with one attached hydrogen (secondary N) is 1. The van der Waals surface area contributed by atoms with Gasteiger partial charge in [-0.1, -0.05) is 51.8 Å². The number of ether oxygens (including phenoxy) is 1. The Bertz CT molecular complexity index is 1970. The summed E-state index contributed by atoms with van der Waals surface area (Å²) in [5, 5.41) is 12.6. The van der Waals surface area contributed by atoms with Crippen molar-refractivity contribution in [3.8, 4) is 16.9 Å². The van der Waals surface area contributed by atoms with Crippen LogP contribution >= 0.6 is 27.5 Å². The highest BCUT2D eigenvalue weighted by Crippen LogP contribution is 2.43. The summed E-state index contributed by atoms with van der Waals surface area (Å²) in [4.78, 5) is 42.2. The number of carbonyl (C=O) groups is 3. The number of phenols is 1. The number of phenolic OH excluding ortho intramolecular Hbond substituents is 1. The zero-order valence-corrected chi connectivity index (χ0v) is 32.0. The van der Waals surface area contributed by atoms with Crippen LogP contribution in [0.15, 0.2) is 82.5 Å². The van der Waals surface area contributed by atoms with E-state index in [2.05, 4.69) is 21.2 Å². The third-order valence-electron chi connectivity index (χ3n) is 8.74. The SMILES string of the molecule is CC=C(/C(=C\N(C=O)C(C(=O)N[C@@H](CC(=O)OCC)c1cc(-c2c(O)cccc2Cl)cc(C(F)(F)F)c1F)c1cccc(Br)c1)CCN1CC(F)C1)C(F)(F)F. The van der Waals surface area contributed by atoms with Gasteiger partial charge in [0.2, 0.25) is 12.3 Å². The number of hydrogen-bond acceptors (Lipinski definition) is 6. The molecule has 0 aromatic heterocycles. The maximum atomic E-state index is 16.1. The molecule has 2 N–H and O–H groups in total. The molecule has 3 aromatic carbocycles. The highest BCUT2D eigenvalue weighted by Gasteiger charge is 2.40. The Labute approximate surface area is 329 Å². The number of alkyl halides is 7. The predicted molar refractivity (Wildman–Crippen MR) is 194 cm³/mol. The number of likely N-dealkylation sites (tertiary alicyclic amines) is 1. The van der Waals surface area contributed by atoms with Gasteiger partial charge in [0.05, 0.1) is 35.2 Å². The number of aromatic hydroxyl groups is 1. The van der Waals surface area contributed by atoms with Crippen molar-refractivity contribution < 1.29 is 59.4 Å². The summed E-state index contributed by atoms with van der Waals surface area (Å²) in [5.74, 6) is -4.82. The van der Waals surface area contributed by atoms with Crippen LogP contribution < -0.4 is 5.32 Å². The number of rotatable bonds is 15. The Morgan fingerprint density at radius 2 is 1.79 bits per heavy atom. The van der Waals surface area contributed by atoms with Crippen molar-refractivity contribution in [3.05, 3.63) is 110 Å². The maximum Gasteiger partial charge on any atom is 0.419 e. The van der Waals surface area contributed by atoms with Gasteiger partial charge in [0.1, 0.15) is 23.8 Å². The molecular formula is C38H35BrClF8N3O5. The minimum atomic E-state index is -5.34. The summed E-state index contributed by atoms with van der Waals surface area (Å²) < 4.78 is 121. The van der Waals surface area contributed by atoms with Crippen molar-refractivity contribution in [3.63, 3.8) is 0 Å². The maximum absolute atomic E-state index is 16.1. The number of allylic oxidation sites excluding steroid dienone is 2. The van der Waals surface area contributed by atoms with Crippen LogP contribution in [0.2, 0.25) is 5.02 Å². The molecule has 18 heteroatoms. The Balaban J connectivity index is 1.91. The predicted octanol–water partition coefficient (Wildman–Crippen LogP) is 9.38. The fraction of sp³-hybridized carbons (Fsp3) is 0.342. The van der Waals surface area contributed by atoms with Crippen LogP contribution in [0.1, 0.15) is 55.5 Å². The second-order valence-electron chi connectivity index (χ2n) is 12.6. The standard InChI is InChI=1S/C38H35BrClF8N3O5/c1-3-27(37(43,44)45)22(11-12-50-18-25(41)19-50)17-51(20-52)35(21-7-5-8-24(39)13-21)36(55)49-30(16-32(54)56-4-2)26-14-23(15-28(34(26)42)38(46,47)48)33-29(40)9-6-10-31(33)53/h3,5-10,13-15,17,20,25,30,35,53H,4,11-12,16,18-19H2,1-2H3,(H,49,55)/b22-17-,27-3?/t30-,35?/m0/s1. The molecule has 3 aromatic rings. The van der Waals surface area contributed by atoms with Crippen LogP contribution in [0.3, 0.4) is 0 Å². The van der Waals surface area contributed by atoms with E-state index in [1.54, 1.807) is 4.90 Å². The van der Waals surface area contributed by atoms with Gasteiger partial charge in [-0.25, -0.2) is 8.78 Å². The van der Waals surface area contributed by atoms with E-state index in [1.165, 1.54) is 43.3 Å². The van der Waals surface area contributed by atoms with Crippen LogP contribution in [0.5, 0.6) is 5.75 Å². The summed E-state index contributed by atoms with van der Waals surface area (Å²) in [6.07, 6.45) is -11.1. The fourth-order valence-electron chi connectivity index (χ4n) is 6.17. The molecule has 0 saturated carbocycles. The molecule has 302 valence electrons. The number of carbonyl (C=O) groups excluding carboxylic acids is 3. The van der Waals surface area contributed by atoms with Crippen molar-refractivity contribution >= 4 is 45.8 Å². The van der Waals surface area contributed by atoms with E-state index in [-0.39, 0.29) is 55.2 Å². The molecule has 1 heterocycles. The first-order valence-corrected chi connectivity index (χ1v) is 18.1. The minimum Gasteiger partial charge on any atom is -0.507 e. The fourth-order valence-corrected chi connectivity index (χ4v) is 6.87. The molecule has 0 radical (unpaired) electrons. The minimum absolute atomic E-state index is 0.0160. The van der Waals surface area contributed by atoms with Crippen molar-refractivity contribution in [2.45, 2.75) is 57.3 Å². The lowest BCUT2D eigenvalue weighted by Gasteiger charge is -2.35. The molecule has 56 heavy (non-hydrogen) atoms. The smallest absolute Gasteiger partial charge is 0.419 e. The molecule has 8 nitrogen and oxygen atoms in total. The van der Waals surface area contributed by atoms with Crippen LogP contribution in [-0.4, -0.2) is 71.8 Å². The van der Waals surface area contributed by atoms with Gasteiger partial charge in [0.15, 0.2) is 0 Å². The van der Waals surface area contributed by atoms with E-state index in [0.29, 0.717) is 15.4 Å². The van der Waals surface area contributed by atoms with E-state index in [1.807, 2.05) is 0 Å². The molecule has 1 aliphatic rings. The molecule has 1 fully saturated rings. The highest BCUT2D eigenvalue weighted by molar-refractivity contribution is 9.10. The summed E-state index contributed by atoms with van der Waals surface area (Å²) in [6.45, 7) is 2.24. The van der Waals surface area contributed by atoms with E-state index in [4.69, 9.17) is 16.3 Å². The van der Waals surface area contributed by atoms with Crippen molar-refractivity contribution in [1.82, 2.24) is 15.1 Å². The van der Waals surface area contributed by atoms with Gasteiger partial charge in [-0.3, -0.25) is 19.3 Å². The van der Waals surface area contributed by atoms with E-state index in [0.717, 1.165) is 31.3 Å². The van der Waals surface area contributed by atoms with Crippen molar-refractivity contribution in [2.75, 3.05) is 26.2 Å². The lowest BCUT2D eigenvalue weighted by atomic mass is 9.93. The molecule has 2 atom stereocenters. The highest BCUT2D eigenvalue weighted by atomic mass is 79.9. The molecule has 1 unspecified atom stereocenters. The van der Waals surface area contributed by atoms with E-state index >= 15 is 4.39 Å². The summed E-state index contributed by atoms with van der Waals surface area (Å²) in [5.41, 5.74) is -5.15. The summed E-state index contributed by atoms with van der Waals surface area (Å²) in [6, 6.07) is 6.74. The molecule has 1 aliphatic heterocycles. The largest absolute Gasteiger partial charge is 0.507 e. The quantitative estimate of drug-likeness (QED) is 0.0684. The van der Waals surface area contributed by atoms with Gasteiger partial charge in [0.25, 0.3) is 0 Å². The average molecular weight is 881 g/mol. The Hall–Kier alpha value is -4.48. The molecule has 0 bridgehead atoms. The van der Waals surface area contributed by atoms with Gasteiger partial charge in [-0.05, 0) is 73.4 Å². The third-order valence-corrected chi connectivity index (χ3v) is 9.55. The van der Waals surface area contributed by atoms with E-state index < -0.39 is 88.3 Å². The van der Waals surface area contributed by atoms with Crippen LogP contribution in [0.4, 0.5) is 35.1 Å². The lowest BCUT2D eigenvalue weighted by molar-refractivity contribution is -0.144. The van der Waals surface area contributed by atoms with Gasteiger partial charge in [-0.15, -0.1) is 0 Å². The first-order chi connectivity index (χ1) is 26.3. The second-order valence-corrected chi connectivity index (χ2v) is 13.9. The van der Waals surface area contributed by atoms with Crippen LogP contribution in [0.25, 0.3) is 11.1 Å². The second kappa shape index (κ2) is 18.6. The van der Waals surface area contributed by atoms with Crippen molar-refractivity contribution in [1.29, 1.82) is 0 Å². The molecule has 0 aliphatic carbocycles. The first-order valence-electron chi connectivity index (χ1n) is 16.9. The van der Waals surface area contributed by atoms with Crippen LogP contribution in [0, 0.1) is 5.82 Å². The Morgan fingerprint density at radius 3 is 2.34 bits per heavy atom. The molecular weight excluding hydrogens is 846 g/mol. The van der Waals surface area contributed by atoms with E-state index in [9.17, 15) is 50.2 Å². The first kappa shape index (κ1) is 44.2. The van der Waals surface area contributed by atoms with Crippen molar-refractivity contribution in [2.24, 2.45) is 0 Å². The number of hydrogen-bond donors (Lipinski definition) is 2. The van der Waals surface area contributed by atoms with Gasteiger partial charge < -0.3 is 20.1 Å². The monoisotopic (exact) mass is 879 g/mol. The molecule has 0 spiro atoms. The average Bonchev–Trinajstić information content (AvgIpc) is 3.08. The number of amides is 2. The topological polar surface area (TPSA) is 99.2 Å². The number of nitrogens with zero attached hydrogens (tertiary/aromatic N) is 2. The lowest BCUT2D eigenvalue weighted by Crippen LogP contribution is -2.48. The Kier molecular flexibility index (Phi) is 14.7. The zero-order valence-electron chi connectivity index (χ0n) is 29.7. The number of esters is 1.